The van der Waals surface area contributed by atoms with Crippen molar-refractivity contribution in [2.75, 3.05) is 26.7 Å². The van der Waals surface area contributed by atoms with Crippen LogP contribution in [0.1, 0.15) is 33.3 Å². The highest BCUT2D eigenvalue weighted by Crippen LogP contribution is 2.18. The molecular formula is C18H28N2O3. The second-order valence-corrected chi connectivity index (χ2v) is 7.09. The second-order valence-electron chi connectivity index (χ2n) is 7.09. The average Bonchev–Trinajstić information content (AvgIpc) is 2.48. The van der Waals surface area contributed by atoms with Gasteiger partial charge in [-0.05, 0) is 45.4 Å². The van der Waals surface area contributed by atoms with Crippen LogP contribution in [0.3, 0.4) is 0 Å². The van der Waals surface area contributed by atoms with E-state index in [0.717, 1.165) is 18.8 Å². The Morgan fingerprint density at radius 1 is 1.22 bits per heavy atom. The highest BCUT2D eigenvalue weighted by molar-refractivity contribution is 5.68. The minimum absolute atomic E-state index is 0.214. The molecule has 1 amide bonds. The van der Waals surface area contributed by atoms with E-state index >= 15 is 0 Å². The molecule has 2 rings (SSSR count). The van der Waals surface area contributed by atoms with Gasteiger partial charge in [0.1, 0.15) is 11.4 Å². The Morgan fingerprint density at radius 3 is 2.39 bits per heavy atom. The lowest BCUT2D eigenvalue weighted by atomic mass is 10.1. The first-order valence-electron chi connectivity index (χ1n) is 8.13. The predicted molar refractivity (Wildman–Crippen MR) is 90.7 cm³/mol. The molecular weight excluding hydrogens is 292 g/mol. The second kappa shape index (κ2) is 7.21. The number of nitrogens with zero attached hydrogens (tertiary/aromatic N) is 2. The lowest BCUT2D eigenvalue weighted by molar-refractivity contribution is 0.00461. The molecule has 128 valence electrons. The zero-order chi connectivity index (χ0) is 17.0. The molecule has 1 aromatic rings. The quantitative estimate of drug-likeness (QED) is 0.858. The molecule has 5 heteroatoms. The Labute approximate surface area is 139 Å². The standard InChI is InChI=1S/C18H28N2O3/c1-14-12-20(17(21)23-18(2,3)4)11-10-19(14)13-15-6-8-16(22-5)9-7-15/h6-9,14H,10-13H2,1-5H3/t14-/m1/s1. The number of carbonyl (C=O) groups is 1. The summed E-state index contributed by atoms with van der Waals surface area (Å²) in [5.41, 5.74) is 0.809. The summed E-state index contributed by atoms with van der Waals surface area (Å²) < 4.78 is 10.6. The fourth-order valence-electron chi connectivity index (χ4n) is 2.69. The van der Waals surface area contributed by atoms with Crippen LogP contribution in [0, 0.1) is 0 Å². The van der Waals surface area contributed by atoms with Crippen molar-refractivity contribution in [1.29, 1.82) is 0 Å². The lowest BCUT2D eigenvalue weighted by Crippen LogP contribution is -2.54. The van der Waals surface area contributed by atoms with Crippen LogP contribution in [-0.2, 0) is 11.3 Å². The van der Waals surface area contributed by atoms with E-state index in [4.69, 9.17) is 9.47 Å². The number of rotatable bonds is 3. The summed E-state index contributed by atoms with van der Waals surface area (Å²) in [6, 6.07) is 8.45. The van der Waals surface area contributed by atoms with Crippen molar-refractivity contribution in [2.45, 2.75) is 45.9 Å². The summed E-state index contributed by atoms with van der Waals surface area (Å²) >= 11 is 0. The van der Waals surface area contributed by atoms with Crippen molar-refractivity contribution < 1.29 is 14.3 Å². The number of ether oxygens (including phenoxy) is 2. The monoisotopic (exact) mass is 320 g/mol. The van der Waals surface area contributed by atoms with Crippen LogP contribution in [-0.4, -0.2) is 54.3 Å². The zero-order valence-corrected chi connectivity index (χ0v) is 14.8. The summed E-state index contributed by atoms with van der Waals surface area (Å²) in [6.07, 6.45) is -0.214. The number of hydrogen-bond donors (Lipinski definition) is 0. The molecule has 1 atom stereocenters. The first kappa shape index (κ1) is 17.6. The van der Waals surface area contributed by atoms with Crippen molar-refractivity contribution in [2.24, 2.45) is 0 Å². The van der Waals surface area contributed by atoms with E-state index in [1.54, 1.807) is 12.0 Å². The Balaban J connectivity index is 1.89. The highest BCUT2D eigenvalue weighted by Gasteiger charge is 2.29. The Bertz CT molecular complexity index is 522. The van der Waals surface area contributed by atoms with E-state index in [1.165, 1.54) is 5.56 Å². The van der Waals surface area contributed by atoms with Gasteiger partial charge in [-0.1, -0.05) is 12.1 Å². The van der Waals surface area contributed by atoms with Gasteiger partial charge in [0.25, 0.3) is 0 Å². The maximum absolute atomic E-state index is 12.2. The highest BCUT2D eigenvalue weighted by atomic mass is 16.6. The van der Waals surface area contributed by atoms with Crippen LogP contribution in [0.15, 0.2) is 24.3 Å². The number of benzene rings is 1. The minimum atomic E-state index is -0.444. The zero-order valence-electron chi connectivity index (χ0n) is 14.8. The first-order chi connectivity index (χ1) is 10.8. The predicted octanol–water partition coefficient (Wildman–Crippen LogP) is 3.14. The van der Waals surface area contributed by atoms with E-state index < -0.39 is 5.60 Å². The van der Waals surface area contributed by atoms with E-state index in [-0.39, 0.29) is 6.09 Å². The molecule has 1 aliphatic rings. The Hall–Kier alpha value is -1.75. The lowest BCUT2D eigenvalue weighted by Gasteiger charge is -2.40. The summed E-state index contributed by atoms with van der Waals surface area (Å²) in [4.78, 5) is 16.4. The van der Waals surface area contributed by atoms with E-state index in [9.17, 15) is 4.79 Å². The molecule has 1 fully saturated rings. The molecule has 0 bridgehead atoms. The first-order valence-corrected chi connectivity index (χ1v) is 8.13. The maximum atomic E-state index is 12.2. The molecule has 23 heavy (non-hydrogen) atoms. The SMILES string of the molecule is COc1ccc(CN2CCN(C(=O)OC(C)(C)C)C[C@H]2C)cc1. The van der Waals surface area contributed by atoms with Crippen LogP contribution in [0.2, 0.25) is 0 Å². The minimum Gasteiger partial charge on any atom is -0.497 e. The van der Waals surface area contributed by atoms with Crippen LogP contribution >= 0.6 is 0 Å². The van der Waals surface area contributed by atoms with Gasteiger partial charge in [-0.3, -0.25) is 4.90 Å². The van der Waals surface area contributed by atoms with Crippen molar-refractivity contribution in [3.8, 4) is 5.75 Å². The van der Waals surface area contributed by atoms with Gasteiger partial charge >= 0.3 is 6.09 Å². The van der Waals surface area contributed by atoms with Gasteiger partial charge < -0.3 is 14.4 Å². The number of carbonyl (C=O) groups excluding carboxylic acids is 1. The van der Waals surface area contributed by atoms with Crippen molar-refractivity contribution in [1.82, 2.24) is 9.80 Å². The summed E-state index contributed by atoms with van der Waals surface area (Å²) in [5, 5.41) is 0. The fourth-order valence-corrected chi connectivity index (χ4v) is 2.69. The topological polar surface area (TPSA) is 42.0 Å². The van der Waals surface area contributed by atoms with Crippen molar-refractivity contribution in [3.05, 3.63) is 29.8 Å². The number of hydrogen-bond acceptors (Lipinski definition) is 4. The summed E-state index contributed by atoms with van der Waals surface area (Å²) in [5.74, 6) is 0.872. The smallest absolute Gasteiger partial charge is 0.410 e. The number of piperazine rings is 1. The third kappa shape index (κ3) is 5.13. The van der Waals surface area contributed by atoms with Gasteiger partial charge in [-0.15, -0.1) is 0 Å². The maximum Gasteiger partial charge on any atom is 0.410 e. The van der Waals surface area contributed by atoms with E-state index in [1.807, 2.05) is 32.9 Å². The third-order valence-corrected chi connectivity index (χ3v) is 3.96. The summed E-state index contributed by atoms with van der Waals surface area (Å²) in [7, 11) is 1.67. The summed E-state index contributed by atoms with van der Waals surface area (Å²) in [6.45, 7) is 11.0. The molecule has 1 aliphatic heterocycles. The van der Waals surface area contributed by atoms with Crippen LogP contribution in [0.25, 0.3) is 0 Å². The molecule has 0 radical (unpaired) electrons. The molecule has 0 aliphatic carbocycles. The van der Waals surface area contributed by atoms with Gasteiger partial charge in [0.2, 0.25) is 0 Å². The molecule has 5 nitrogen and oxygen atoms in total. The largest absolute Gasteiger partial charge is 0.497 e. The molecule has 0 N–H and O–H groups in total. The van der Waals surface area contributed by atoms with E-state index in [0.29, 0.717) is 19.1 Å². The number of amides is 1. The molecule has 1 aromatic carbocycles. The normalized spacial score (nSPS) is 19.5. The van der Waals surface area contributed by atoms with Crippen LogP contribution in [0.4, 0.5) is 4.79 Å². The fraction of sp³-hybridized carbons (Fsp3) is 0.611. The molecule has 1 heterocycles. The van der Waals surface area contributed by atoms with Crippen LogP contribution in [0.5, 0.6) is 5.75 Å². The molecule has 0 spiro atoms. The van der Waals surface area contributed by atoms with Crippen LogP contribution < -0.4 is 4.74 Å². The third-order valence-electron chi connectivity index (χ3n) is 3.96. The van der Waals surface area contributed by atoms with Crippen molar-refractivity contribution in [3.63, 3.8) is 0 Å². The van der Waals surface area contributed by atoms with Crippen molar-refractivity contribution >= 4 is 6.09 Å². The molecule has 1 saturated heterocycles. The van der Waals surface area contributed by atoms with E-state index in [2.05, 4.69) is 24.0 Å². The average molecular weight is 320 g/mol. The molecule has 0 unspecified atom stereocenters. The van der Waals surface area contributed by atoms with Gasteiger partial charge in [0.15, 0.2) is 0 Å². The van der Waals surface area contributed by atoms with Gasteiger partial charge in [-0.2, -0.15) is 0 Å². The molecule has 0 saturated carbocycles. The van der Waals surface area contributed by atoms with Gasteiger partial charge in [0.05, 0.1) is 7.11 Å². The Kier molecular flexibility index (Phi) is 5.52. The molecule has 0 aromatic heterocycles. The number of methoxy groups -OCH3 is 1. The Morgan fingerprint density at radius 2 is 1.87 bits per heavy atom. The van der Waals surface area contributed by atoms with Gasteiger partial charge in [0, 0.05) is 32.2 Å². The van der Waals surface area contributed by atoms with Gasteiger partial charge in [-0.25, -0.2) is 4.79 Å².